The second kappa shape index (κ2) is 7.47. The van der Waals surface area contributed by atoms with Crippen LogP contribution >= 0.6 is 0 Å². The van der Waals surface area contributed by atoms with E-state index in [2.05, 4.69) is 51.3 Å². The van der Waals surface area contributed by atoms with Gasteiger partial charge in [0.1, 0.15) is 0 Å². The van der Waals surface area contributed by atoms with Crippen molar-refractivity contribution in [3.8, 4) is 5.69 Å². The SMILES string of the molecule is C=CCN(Cc1ccccc1)Cc1nnnn1-c1ccccc1. The molecule has 3 rings (SSSR count). The zero-order valence-electron chi connectivity index (χ0n) is 12.9. The van der Waals surface area contributed by atoms with Crippen LogP contribution in [-0.2, 0) is 13.1 Å². The largest absolute Gasteiger partial charge is 0.288 e. The van der Waals surface area contributed by atoms with Crippen molar-refractivity contribution in [1.82, 2.24) is 25.1 Å². The Morgan fingerprint density at radius 3 is 2.35 bits per heavy atom. The van der Waals surface area contributed by atoms with Gasteiger partial charge in [-0.3, -0.25) is 4.90 Å². The number of benzene rings is 2. The molecule has 2 aromatic carbocycles. The van der Waals surface area contributed by atoms with E-state index in [9.17, 15) is 0 Å². The van der Waals surface area contributed by atoms with Crippen LogP contribution in [0.5, 0.6) is 0 Å². The number of hydrogen-bond acceptors (Lipinski definition) is 4. The summed E-state index contributed by atoms with van der Waals surface area (Å²) in [6, 6.07) is 20.3. The Labute approximate surface area is 135 Å². The summed E-state index contributed by atoms with van der Waals surface area (Å²) in [5, 5.41) is 12.1. The second-order valence-corrected chi connectivity index (χ2v) is 5.29. The van der Waals surface area contributed by atoms with Gasteiger partial charge in [0.15, 0.2) is 5.82 Å². The molecule has 0 atom stereocenters. The minimum absolute atomic E-state index is 0.656. The van der Waals surface area contributed by atoms with E-state index in [4.69, 9.17) is 0 Å². The molecule has 5 nitrogen and oxygen atoms in total. The first-order chi connectivity index (χ1) is 11.4. The highest BCUT2D eigenvalue weighted by molar-refractivity contribution is 5.30. The van der Waals surface area contributed by atoms with E-state index in [1.807, 2.05) is 42.5 Å². The van der Waals surface area contributed by atoms with Gasteiger partial charge in [-0.15, -0.1) is 11.7 Å². The highest BCUT2D eigenvalue weighted by Gasteiger charge is 2.13. The fourth-order valence-electron chi connectivity index (χ4n) is 2.48. The number of hydrogen-bond donors (Lipinski definition) is 0. The van der Waals surface area contributed by atoms with Gasteiger partial charge in [0.25, 0.3) is 0 Å². The van der Waals surface area contributed by atoms with Crippen LogP contribution in [0.2, 0.25) is 0 Å². The third kappa shape index (κ3) is 3.90. The molecule has 0 saturated heterocycles. The van der Waals surface area contributed by atoms with Gasteiger partial charge in [0, 0.05) is 13.1 Å². The van der Waals surface area contributed by atoms with Gasteiger partial charge >= 0.3 is 0 Å². The summed E-state index contributed by atoms with van der Waals surface area (Å²) in [5.41, 5.74) is 2.22. The van der Waals surface area contributed by atoms with Gasteiger partial charge < -0.3 is 0 Å². The summed E-state index contributed by atoms with van der Waals surface area (Å²) in [4.78, 5) is 2.26. The molecule has 0 radical (unpaired) electrons. The molecule has 3 aromatic rings. The second-order valence-electron chi connectivity index (χ2n) is 5.29. The molecule has 116 valence electrons. The predicted molar refractivity (Wildman–Crippen MR) is 89.9 cm³/mol. The van der Waals surface area contributed by atoms with Gasteiger partial charge in [-0.1, -0.05) is 54.6 Å². The van der Waals surface area contributed by atoms with Crippen molar-refractivity contribution in [2.24, 2.45) is 0 Å². The van der Waals surface area contributed by atoms with Crippen LogP contribution in [0.25, 0.3) is 5.69 Å². The Morgan fingerprint density at radius 1 is 0.957 bits per heavy atom. The summed E-state index contributed by atoms with van der Waals surface area (Å²) >= 11 is 0. The molecule has 0 aliphatic rings. The average molecular weight is 305 g/mol. The van der Waals surface area contributed by atoms with E-state index >= 15 is 0 Å². The van der Waals surface area contributed by atoms with E-state index in [0.717, 1.165) is 24.6 Å². The maximum Gasteiger partial charge on any atom is 0.170 e. The van der Waals surface area contributed by atoms with Crippen molar-refractivity contribution in [2.75, 3.05) is 6.54 Å². The maximum absolute atomic E-state index is 4.18. The minimum Gasteiger partial charge on any atom is -0.288 e. The molecule has 0 fully saturated rings. The fraction of sp³-hybridized carbons (Fsp3) is 0.167. The Bertz CT molecular complexity index is 736. The molecule has 1 heterocycles. The molecule has 0 bridgehead atoms. The van der Waals surface area contributed by atoms with Crippen LogP contribution in [-0.4, -0.2) is 31.7 Å². The molecule has 23 heavy (non-hydrogen) atoms. The Kier molecular flexibility index (Phi) is 4.91. The normalized spacial score (nSPS) is 10.8. The highest BCUT2D eigenvalue weighted by atomic mass is 15.5. The third-order valence-electron chi connectivity index (χ3n) is 3.54. The van der Waals surface area contributed by atoms with Gasteiger partial charge in [0.2, 0.25) is 0 Å². The molecular formula is C18H19N5. The smallest absolute Gasteiger partial charge is 0.170 e. The molecule has 0 aliphatic carbocycles. The molecule has 0 N–H and O–H groups in total. The Morgan fingerprint density at radius 2 is 1.65 bits per heavy atom. The fourth-order valence-corrected chi connectivity index (χ4v) is 2.48. The third-order valence-corrected chi connectivity index (χ3v) is 3.54. The average Bonchev–Trinajstić information content (AvgIpc) is 3.05. The topological polar surface area (TPSA) is 46.8 Å². The molecule has 0 amide bonds. The van der Waals surface area contributed by atoms with Crippen molar-refractivity contribution in [3.63, 3.8) is 0 Å². The van der Waals surface area contributed by atoms with Gasteiger partial charge in [-0.25, -0.2) is 0 Å². The minimum atomic E-state index is 0.656. The summed E-state index contributed by atoms with van der Waals surface area (Å²) in [7, 11) is 0. The monoisotopic (exact) mass is 305 g/mol. The van der Waals surface area contributed by atoms with Crippen LogP contribution in [0.15, 0.2) is 73.3 Å². The number of tetrazole rings is 1. The molecule has 1 aromatic heterocycles. The van der Waals surface area contributed by atoms with Gasteiger partial charge in [0.05, 0.1) is 12.2 Å². The lowest BCUT2D eigenvalue weighted by atomic mass is 10.2. The van der Waals surface area contributed by atoms with Crippen LogP contribution in [0, 0.1) is 0 Å². The quantitative estimate of drug-likeness (QED) is 0.630. The Balaban J connectivity index is 1.79. The van der Waals surface area contributed by atoms with Gasteiger partial charge in [-0.2, -0.15) is 4.68 Å². The zero-order valence-corrected chi connectivity index (χ0v) is 12.9. The van der Waals surface area contributed by atoms with Crippen LogP contribution in [0.4, 0.5) is 0 Å². The maximum atomic E-state index is 4.18. The van der Waals surface area contributed by atoms with Gasteiger partial charge in [-0.05, 0) is 28.1 Å². The van der Waals surface area contributed by atoms with E-state index in [0.29, 0.717) is 6.54 Å². The number of rotatable bonds is 7. The first-order valence-electron chi connectivity index (χ1n) is 7.56. The molecule has 0 spiro atoms. The van der Waals surface area contributed by atoms with E-state index < -0.39 is 0 Å². The Hall–Kier alpha value is -2.79. The lowest BCUT2D eigenvalue weighted by Gasteiger charge is -2.20. The molecule has 0 unspecified atom stereocenters. The first-order valence-corrected chi connectivity index (χ1v) is 7.56. The van der Waals surface area contributed by atoms with Crippen molar-refractivity contribution >= 4 is 0 Å². The van der Waals surface area contributed by atoms with Crippen LogP contribution in [0.1, 0.15) is 11.4 Å². The molecule has 0 aliphatic heterocycles. The van der Waals surface area contributed by atoms with E-state index in [1.54, 1.807) is 4.68 Å². The summed E-state index contributed by atoms with van der Waals surface area (Å²) in [5.74, 6) is 0.814. The lowest BCUT2D eigenvalue weighted by molar-refractivity contribution is 0.276. The summed E-state index contributed by atoms with van der Waals surface area (Å²) in [6.07, 6.45) is 1.90. The lowest BCUT2D eigenvalue weighted by Crippen LogP contribution is -2.24. The standard InChI is InChI=1S/C18H19N5/c1-2-13-22(14-16-9-5-3-6-10-16)15-18-19-20-21-23(18)17-11-7-4-8-12-17/h2-12H,1,13-15H2. The van der Waals surface area contributed by atoms with Crippen LogP contribution in [0.3, 0.4) is 0 Å². The summed E-state index contributed by atoms with van der Waals surface area (Å²) in [6.45, 7) is 6.11. The summed E-state index contributed by atoms with van der Waals surface area (Å²) < 4.78 is 1.78. The molecule has 0 saturated carbocycles. The van der Waals surface area contributed by atoms with Crippen molar-refractivity contribution in [2.45, 2.75) is 13.1 Å². The van der Waals surface area contributed by atoms with E-state index in [-0.39, 0.29) is 0 Å². The zero-order chi connectivity index (χ0) is 15.9. The number of aromatic nitrogens is 4. The van der Waals surface area contributed by atoms with Crippen molar-refractivity contribution < 1.29 is 0 Å². The number of nitrogens with zero attached hydrogens (tertiary/aromatic N) is 5. The van der Waals surface area contributed by atoms with Crippen molar-refractivity contribution in [1.29, 1.82) is 0 Å². The van der Waals surface area contributed by atoms with Crippen LogP contribution < -0.4 is 0 Å². The predicted octanol–water partition coefficient (Wildman–Crippen LogP) is 2.85. The van der Waals surface area contributed by atoms with Crippen molar-refractivity contribution in [3.05, 3.63) is 84.7 Å². The molecule has 5 heteroatoms. The first kappa shape index (κ1) is 15.1. The highest BCUT2D eigenvalue weighted by Crippen LogP contribution is 2.11. The number of para-hydroxylation sites is 1. The molecular weight excluding hydrogens is 286 g/mol. The van der Waals surface area contributed by atoms with E-state index in [1.165, 1.54) is 5.56 Å².